The number of nitrogens with zero attached hydrogens (tertiary/aromatic N) is 4. The number of nitrogens with one attached hydrogen (secondary N) is 1. The van der Waals surface area contributed by atoms with Crippen molar-refractivity contribution in [2.75, 3.05) is 16.0 Å². The molecule has 0 saturated heterocycles. The Labute approximate surface area is 235 Å². The van der Waals surface area contributed by atoms with E-state index in [0.717, 1.165) is 33.6 Å². The summed E-state index contributed by atoms with van der Waals surface area (Å²) < 4.78 is 0.594. The van der Waals surface area contributed by atoms with Crippen molar-refractivity contribution in [3.05, 3.63) is 87.4 Å². The molecule has 1 unspecified atom stereocenters. The maximum atomic E-state index is 13.3. The van der Waals surface area contributed by atoms with Gasteiger partial charge in [-0.05, 0) is 62.4 Å². The number of hydrogen-bond donors (Lipinski definition) is 2. The first-order chi connectivity index (χ1) is 18.8. The summed E-state index contributed by atoms with van der Waals surface area (Å²) in [5, 5.41) is 22.2. The zero-order valence-corrected chi connectivity index (χ0v) is 23.6. The van der Waals surface area contributed by atoms with Gasteiger partial charge in [0, 0.05) is 23.4 Å². The Kier molecular flexibility index (Phi) is 7.55. The first-order valence-corrected chi connectivity index (χ1v) is 14.4. The molecule has 2 aliphatic rings. The fourth-order valence-electron chi connectivity index (χ4n) is 4.89. The summed E-state index contributed by atoms with van der Waals surface area (Å²) in [6, 6.07) is 15.9. The lowest BCUT2D eigenvalue weighted by Crippen LogP contribution is -2.38. The van der Waals surface area contributed by atoms with E-state index in [0.29, 0.717) is 39.9 Å². The van der Waals surface area contributed by atoms with E-state index in [1.165, 1.54) is 23.1 Å². The zero-order chi connectivity index (χ0) is 27.7. The van der Waals surface area contributed by atoms with Crippen LogP contribution < -0.4 is 16.0 Å². The van der Waals surface area contributed by atoms with Crippen LogP contribution in [0.4, 0.5) is 10.8 Å². The lowest BCUT2D eigenvalue weighted by atomic mass is 9.75. The first-order valence-electron chi connectivity index (χ1n) is 12.6. The number of Topliss-reactive ketones (excluding diaryl/α,β-unsaturated/α-hetero) is 1. The molecule has 0 spiro atoms. The number of hydrogen-bond acceptors (Lipinski definition) is 9. The molecule has 8 nitrogen and oxygen atoms in total. The van der Waals surface area contributed by atoms with E-state index >= 15 is 0 Å². The summed E-state index contributed by atoms with van der Waals surface area (Å²) in [6.45, 7) is 6.03. The molecule has 1 aliphatic heterocycles. The molecule has 1 aliphatic carbocycles. The highest BCUT2D eigenvalue weighted by Crippen LogP contribution is 2.47. The van der Waals surface area contributed by atoms with Gasteiger partial charge in [0.15, 0.2) is 10.1 Å². The van der Waals surface area contributed by atoms with E-state index in [9.17, 15) is 14.9 Å². The Morgan fingerprint density at radius 3 is 2.64 bits per heavy atom. The maximum absolute atomic E-state index is 13.3. The summed E-state index contributed by atoms with van der Waals surface area (Å²) in [5.74, 6) is -0.206. The van der Waals surface area contributed by atoms with Crippen LogP contribution in [0.25, 0.3) is 0 Å². The maximum Gasteiger partial charge on any atom is 0.234 e. The molecule has 0 saturated carbocycles. The Morgan fingerprint density at radius 1 is 1.15 bits per heavy atom. The second-order valence-electron chi connectivity index (χ2n) is 9.71. The van der Waals surface area contributed by atoms with Crippen LogP contribution >= 0.6 is 23.1 Å². The van der Waals surface area contributed by atoms with Crippen LogP contribution in [0, 0.1) is 32.1 Å². The molecule has 0 fully saturated rings. The molecule has 2 aromatic carbocycles. The summed E-state index contributed by atoms with van der Waals surface area (Å²) in [7, 11) is 0. The Hall–Kier alpha value is -3.94. The van der Waals surface area contributed by atoms with Gasteiger partial charge < -0.3 is 11.1 Å². The third-order valence-electron chi connectivity index (χ3n) is 7.03. The third kappa shape index (κ3) is 5.33. The van der Waals surface area contributed by atoms with Gasteiger partial charge in [-0.3, -0.25) is 14.5 Å². The number of carbonyl (C=O) groups excluding carboxylic acids is 2. The normalized spacial score (nSPS) is 17.2. The number of amides is 1. The van der Waals surface area contributed by atoms with Gasteiger partial charge in [0.25, 0.3) is 0 Å². The van der Waals surface area contributed by atoms with Gasteiger partial charge in [0.05, 0.1) is 23.3 Å². The van der Waals surface area contributed by atoms with Gasteiger partial charge in [0.1, 0.15) is 5.82 Å². The quantitative estimate of drug-likeness (QED) is 0.382. The Bertz CT molecular complexity index is 1570. The molecule has 3 N–H and O–H groups in total. The van der Waals surface area contributed by atoms with E-state index in [1.807, 2.05) is 63.2 Å². The van der Waals surface area contributed by atoms with Crippen LogP contribution in [-0.4, -0.2) is 27.6 Å². The number of rotatable bonds is 6. The molecule has 0 radical (unpaired) electrons. The number of ketones is 1. The van der Waals surface area contributed by atoms with Crippen molar-refractivity contribution < 1.29 is 9.59 Å². The number of nitrogens with two attached hydrogens (primary N) is 1. The number of allylic oxidation sites excluding steroid dienone is 3. The van der Waals surface area contributed by atoms with Crippen LogP contribution in [0.2, 0.25) is 0 Å². The number of aryl methyl sites for hydroxylation is 3. The summed E-state index contributed by atoms with van der Waals surface area (Å²) in [6.07, 6.45) is 1.77. The Balaban J connectivity index is 1.40. The smallest absolute Gasteiger partial charge is 0.234 e. The molecule has 10 heteroatoms. The topological polar surface area (TPSA) is 125 Å². The average Bonchev–Trinajstić information content (AvgIpc) is 3.38. The van der Waals surface area contributed by atoms with Crippen LogP contribution in [0.1, 0.15) is 47.4 Å². The fraction of sp³-hybridized carbons (Fsp3) is 0.276. The van der Waals surface area contributed by atoms with Crippen molar-refractivity contribution in [3.8, 4) is 6.07 Å². The van der Waals surface area contributed by atoms with E-state index in [1.54, 1.807) is 4.90 Å². The van der Waals surface area contributed by atoms with Gasteiger partial charge >= 0.3 is 0 Å². The number of carbonyl (C=O) groups is 2. The summed E-state index contributed by atoms with van der Waals surface area (Å²) >= 11 is 2.56. The third-order valence-corrected chi connectivity index (χ3v) is 9.07. The molecule has 0 bridgehead atoms. The van der Waals surface area contributed by atoms with Crippen LogP contribution in [-0.2, 0) is 9.59 Å². The molecule has 2 heterocycles. The van der Waals surface area contributed by atoms with Gasteiger partial charge in [-0.1, -0.05) is 59.0 Å². The van der Waals surface area contributed by atoms with Crippen LogP contribution in [0.5, 0.6) is 0 Å². The van der Waals surface area contributed by atoms with Crippen LogP contribution in [0.15, 0.2) is 69.5 Å². The number of thioether (sulfide) groups is 1. The minimum absolute atomic E-state index is 0.0224. The largest absolute Gasteiger partial charge is 0.384 e. The average molecular weight is 557 g/mol. The van der Waals surface area contributed by atoms with Crippen molar-refractivity contribution in [1.82, 2.24) is 10.2 Å². The van der Waals surface area contributed by atoms with Gasteiger partial charge in [0.2, 0.25) is 11.0 Å². The van der Waals surface area contributed by atoms with E-state index in [2.05, 4.69) is 21.6 Å². The van der Waals surface area contributed by atoms with E-state index in [4.69, 9.17) is 5.73 Å². The van der Waals surface area contributed by atoms with Crippen molar-refractivity contribution in [2.24, 2.45) is 5.73 Å². The predicted octanol–water partition coefficient (Wildman–Crippen LogP) is 5.50. The minimum Gasteiger partial charge on any atom is -0.384 e. The number of aromatic nitrogens is 2. The molecule has 1 amide bonds. The number of benzene rings is 2. The molecule has 3 aromatic rings. The standard InChI is InChI=1S/C29H28N6O2S2/c1-16-7-10-19(11-8-16)25-21(14-30)27(31)35(22-5-4-6-23(36)26(22)25)28-33-34-29(39-28)38-15-24(37)32-20-12-9-17(2)18(3)13-20/h7-13,25H,4-6,15,31H2,1-3H3,(H,32,37). The SMILES string of the molecule is Cc1ccc(C2C(C#N)=C(N)N(c3nnc(SCC(=O)Nc4ccc(C)c(C)c4)s3)C3=C2C(=O)CCC3)cc1. The molecule has 5 rings (SSSR count). The molecule has 39 heavy (non-hydrogen) atoms. The van der Waals surface area contributed by atoms with Crippen molar-refractivity contribution in [2.45, 2.75) is 50.3 Å². The summed E-state index contributed by atoms with van der Waals surface area (Å²) in [5.41, 5.74) is 13.3. The second kappa shape index (κ2) is 11.0. The molecule has 1 aromatic heterocycles. The lowest BCUT2D eigenvalue weighted by Gasteiger charge is -2.38. The summed E-state index contributed by atoms with van der Waals surface area (Å²) in [4.78, 5) is 27.5. The van der Waals surface area contributed by atoms with Gasteiger partial charge in [-0.2, -0.15) is 5.26 Å². The Morgan fingerprint density at radius 2 is 1.92 bits per heavy atom. The van der Waals surface area contributed by atoms with Crippen LogP contribution in [0.3, 0.4) is 0 Å². The van der Waals surface area contributed by atoms with Crippen molar-refractivity contribution >= 4 is 45.6 Å². The first kappa shape index (κ1) is 26.7. The zero-order valence-electron chi connectivity index (χ0n) is 21.9. The van der Waals surface area contributed by atoms with Crippen molar-refractivity contribution in [1.29, 1.82) is 5.26 Å². The predicted molar refractivity (Wildman–Crippen MR) is 154 cm³/mol. The molecular weight excluding hydrogens is 528 g/mol. The minimum atomic E-state index is -0.509. The van der Waals surface area contributed by atoms with Gasteiger partial charge in [-0.15, -0.1) is 10.2 Å². The van der Waals surface area contributed by atoms with E-state index in [-0.39, 0.29) is 23.3 Å². The molecule has 1 atom stereocenters. The lowest BCUT2D eigenvalue weighted by molar-refractivity contribution is -0.116. The number of nitriles is 1. The number of anilines is 2. The highest BCUT2D eigenvalue weighted by molar-refractivity contribution is 8.01. The van der Waals surface area contributed by atoms with Gasteiger partial charge in [-0.25, -0.2) is 0 Å². The highest BCUT2D eigenvalue weighted by atomic mass is 32.2. The highest BCUT2D eigenvalue weighted by Gasteiger charge is 2.41. The fourth-order valence-corrected chi connectivity index (χ4v) is 6.57. The van der Waals surface area contributed by atoms with E-state index < -0.39 is 5.92 Å². The van der Waals surface area contributed by atoms with Crippen molar-refractivity contribution in [3.63, 3.8) is 0 Å². The monoisotopic (exact) mass is 556 g/mol. The molecule has 198 valence electrons. The second-order valence-corrected chi connectivity index (χ2v) is 11.9. The molecular formula is C29H28N6O2S2.